The van der Waals surface area contributed by atoms with E-state index < -0.39 is 143 Å². The van der Waals surface area contributed by atoms with E-state index in [0.29, 0.717) is 0 Å². The third-order valence-electron chi connectivity index (χ3n) is 7.81. The summed E-state index contributed by atoms with van der Waals surface area (Å²) in [5, 5.41) is 132. The van der Waals surface area contributed by atoms with Crippen molar-refractivity contribution in [1.82, 2.24) is 0 Å². The lowest BCUT2D eigenvalue weighted by molar-refractivity contribution is -0.402. The van der Waals surface area contributed by atoms with Gasteiger partial charge in [0, 0.05) is 0 Å². The van der Waals surface area contributed by atoms with E-state index in [1.54, 1.807) is 0 Å². The van der Waals surface area contributed by atoms with Gasteiger partial charge in [-0.25, -0.2) is 0 Å². The zero-order valence-corrected chi connectivity index (χ0v) is 22.5. The number of ether oxygens (including phenoxy) is 7. The Labute approximate surface area is 243 Å². The third-order valence-corrected chi connectivity index (χ3v) is 7.81. The largest absolute Gasteiger partial charge is 0.394 e. The Balaban J connectivity index is 1.68. The van der Waals surface area contributed by atoms with Crippen LogP contribution in [-0.2, 0) is 33.2 Å². The highest BCUT2D eigenvalue weighted by Gasteiger charge is 2.55. The summed E-state index contributed by atoms with van der Waals surface area (Å²) in [6.45, 7) is -3.11. The van der Waals surface area contributed by atoms with Gasteiger partial charge >= 0.3 is 0 Å². The lowest BCUT2D eigenvalue weighted by Gasteiger charge is -2.50. The fraction of sp³-hybridized carbons (Fsp3) is 1.00. The molecule has 0 unspecified atom stereocenters. The molecule has 0 aliphatic carbocycles. The van der Waals surface area contributed by atoms with Crippen LogP contribution in [0.3, 0.4) is 0 Å². The first kappa shape index (κ1) is 35.1. The van der Waals surface area contributed by atoms with Crippen LogP contribution >= 0.6 is 0 Å². The molecule has 4 rings (SSSR count). The average molecular weight is 637 g/mol. The monoisotopic (exact) mass is 636 g/mol. The fourth-order valence-corrected chi connectivity index (χ4v) is 5.23. The van der Waals surface area contributed by atoms with E-state index >= 15 is 0 Å². The SMILES string of the molecule is OC[C@H]1O[C@@H](O[C@H]2[C@H](O[C@@H]3[C@H](O)[C@@H](O)[C@H](O)O[C@@H]3CO)O[C@H](CO)[C@@H](O)[C@@H]2O[C@@H]2OC[C@@H](O)[C@H](O)[C@H]2O)[C@H](O)[C@@H](O)[C@@H]1O. The van der Waals surface area contributed by atoms with Crippen molar-refractivity contribution >= 4 is 0 Å². The summed E-state index contributed by atoms with van der Waals surface area (Å²) >= 11 is 0. The minimum absolute atomic E-state index is 0.520. The minimum Gasteiger partial charge on any atom is -0.394 e. The number of aliphatic hydroxyl groups is 13. The molecule has 0 spiro atoms. The van der Waals surface area contributed by atoms with Crippen LogP contribution in [0.2, 0.25) is 0 Å². The molecule has 0 radical (unpaired) electrons. The zero-order chi connectivity index (χ0) is 31.7. The molecule has 4 heterocycles. The number of hydrogen-bond donors (Lipinski definition) is 13. The van der Waals surface area contributed by atoms with Gasteiger partial charge < -0.3 is 99.5 Å². The fourth-order valence-electron chi connectivity index (χ4n) is 5.23. The average Bonchev–Trinajstić information content (AvgIpc) is 2.99. The molecule has 0 aromatic rings. The van der Waals surface area contributed by atoms with Gasteiger partial charge in [0.15, 0.2) is 25.2 Å². The number of hydrogen-bond acceptors (Lipinski definition) is 20. The first-order valence-electron chi connectivity index (χ1n) is 13.5. The molecule has 0 bridgehead atoms. The van der Waals surface area contributed by atoms with E-state index in [2.05, 4.69) is 0 Å². The molecule has 0 aromatic heterocycles. The molecule has 4 fully saturated rings. The van der Waals surface area contributed by atoms with Gasteiger partial charge in [0.25, 0.3) is 0 Å². The predicted molar refractivity (Wildman–Crippen MR) is 128 cm³/mol. The van der Waals surface area contributed by atoms with Crippen LogP contribution in [0.4, 0.5) is 0 Å². The highest BCUT2D eigenvalue weighted by molar-refractivity contribution is 4.97. The molecule has 20 nitrogen and oxygen atoms in total. The van der Waals surface area contributed by atoms with Crippen molar-refractivity contribution in [3.63, 3.8) is 0 Å². The van der Waals surface area contributed by atoms with Crippen LogP contribution in [0.5, 0.6) is 0 Å². The smallest absolute Gasteiger partial charge is 0.187 e. The molecule has 0 aromatic carbocycles. The van der Waals surface area contributed by atoms with Gasteiger partial charge in [-0.3, -0.25) is 0 Å². The first-order valence-corrected chi connectivity index (χ1v) is 13.5. The Morgan fingerprint density at radius 2 is 0.977 bits per heavy atom. The molecule has 0 saturated carbocycles. The van der Waals surface area contributed by atoms with Gasteiger partial charge in [0.05, 0.1) is 26.4 Å². The molecule has 4 aliphatic heterocycles. The maximum absolute atomic E-state index is 11.1. The summed E-state index contributed by atoms with van der Waals surface area (Å²) in [6.07, 6.45) is -33.8. The second kappa shape index (κ2) is 14.7. The van der Waals surface area contributed by atoms with Crippen LogP contribution in [0, 0.1) is 0 Å². The van der Waals surface area contributed by atoms with E-state index in [1.807, 2.05) is 0 Å². The summed E-state index contributed by atoms with van der Waals surface area (Å²) < 4.78 is 38.6. The zero-order valence-electron chi connectivity index (χ0n) is 22.5. The van der Waals surface area contributed by atoms with E-state index in [1.165, 1.54) is 0 Å². The van der Waals surface area contributed by atoms with E-state index in [4.69, 9.17) is 33.2 Å². The van der Waals surface area contributed by atoms with Gasteiger partial charge in [-0.1, -0.05) is 0 Å². The van der Waals surface area contributed by atoms with Crippen molar-refractivity contribution in [1.29, 1.82) is 0 Å². The summed E-state index contributed by atoms with van der Waals surface area (Å²) in [5.74, 6) is 0. The third kappa shape index (κ3) is 7.13. The topological polar surface area (TPSA) is 328 Å². The van der Waals surface area contributed by atoms with Crippen molar-refractivity contribution in [2.75, 3.05) is 26.4 Å². The highest BCUT2D eigenvalue weighted by Crippen LogP contribution is 2.35. The maximum atomic E-state index is 11.1. The standard InChI is InChI=1S/C23H40O20/c24-1-6-10(29)12(31)16(35)22(39-6)43-19-18(42-21-15(34)9(28)5(27)4-37-21)11(30)7(2-25)40-23(19)41-17-8(3-26)38-20(36)14(33)13(17)32/h5-36H,1-4H2/t5-,6-,7-,8-,9+,10-,11-,12+,13-,14-,15-,16-,17+,18+,19-,20-,21+,22+,23+/m1/s1. The van der Waals surface area contributed by atoms with Crippen LogP contribution in [0.1, 0.15) is 0 Å². The second-order valence-electron chi connectivity index (χ2n) is 10.7. The first-order chi connectivity index (χ1) is 20.3. The Bertz CT molecular complexity index is 867. The van der Waals surface area contributed by atoms with Crippen LogP contribution < -0.4 is 0 Å². The molecule has 252 valence electrons. The van der Waals surface area contributed by atoms with E-state index in [9.17, 15) is 66.4 Å². The Hall–Kier alpha value is -0.800. The Kier molecular flexibility index (Phi) is 12.0. The van der Waals surface area contributed by atoms with Crippen LogP contribution in [0.25, 0.3) is 0 Å². The van der Waals surface area contributed by atoms with Gasteiger partial charge in [-0.15, -0.1) is 0 Å². The van der Waals surface area contributed by atoms with Gasteiger partial charge in [0.2, 0.25) is 0 Å². The Morgan fingerprint density at radius 1 is 0.442 bits per heavy atom. The van der Waals surface area contributed by atoms with Crippen molar-refractivity contribution in [2.24, 2.45) is 0 Å². The molecule has 4 aliphatic rings. The molecule has 43 heavy (non-hydrogen) atoms. The molecule has 19 atom stereocenters. The molecule has 4 saturated heterocycles. The van der Waals surface area contributed by atoms with Gasteiger partial charge in [-0.05, 0) is 0 Å². The molecule has 0 amide bonds. The summed E-state index contributed by atoms with van der Waals surface area (Å²) in [4.78, 5) is 0. The maximum Gasteiger partial charge on any atom is 0.187 e. The quantitative estimate of drug-likeness (QED) is 0.112. The number of aliphatic hydroxyl groups excluding tert-OH is 13. The second-order valence-corrected chi connectivity index (χ2v) is 10.7. The molecular weight excluding hydrogens is 596 g/mol. The van der Waals surface area contributed by atoms with Crippen molar-refractivity contribution in [3.8, 4) is 0 Å². The van der Waals surface area contributed by atoms with Crippen LogP contribution in [0.15, 0.2) is 0 Å². The molecule has 20 heteroatoms. The van der Waals surface area contributed by atoms with Crippen LogP contribution in [-0.4, -0.2) is 210 Å². The molecular formula is C23H40O20. The van der Waals surface area contributed by atoms with Crippen molar-refractivity contribution < 1.29 is 99.5 Å². The lowest BCUT2D eigenvalue weighted by atomic mass is 9.95. The summed E-state index contributed by atoms with van der Waals surface area (Å²) in [6, 6.07) is 0. The predicted octanol–water partition coefficient (Wildman–Crippen LogP) is -9.11. The van der Waals surface area contributed by atoms with Crippen molar-refractivity contribution in [2.45, 2.75) is 117 Å². The minimum atomic E-state index is -1.99. The van der Waals surface area contributed by atoms with Gasteiger partial charge in [-0.2, -0.15) is 0 Å². The Morgan fingerprint density at radius 3 is 1.60 bits per heavy atom. The van der Waals surface area contributed by atoms with E-state index in [0.717, 1.165) is 0 Å². The highest BCUT2D eigenvalue weighted by atomic mass is 16.8. The van der Waals surface area contributed by atoms with E-state index in [-0.39, 0.29) is 0 Å². The molecule has 13 N–H and O–H groups in total. The van der Waals surface area contributed by atoms with Gasteiger partial charge in [0.1, 0.15) is 91.6 Å². The number of rotatable bonds is 9. The summed E-state index contributed by atoms with van der Waals surface area (Å²) in [5.41, 5.74) is 0. The normalized spacial score (nSPS) is 53.1. The lowest BCUT2D eigenvalue weighted by Crippen LogP contribution is -2.68. The summed E-state index contributed by atoms with van der Waals surface area (Å²) in [7, 11) is 0. The van der Waals surface area contributed by atoms with Crippen molar-refractivity contribution in [3.05, 3.63) is 0 Å².